The van der Waals surface area contributed by atoms with Gasteiger partial charge < -0.3 is 10.1 Å². The van der Waals surface area contributed by atoms with E-state index >= 15 is 0 Å². The van der Waals surface area contributed by atoms with Crippen LogP contribution in [0.15, 0.2) is 0 Å². The normalized spacial score (nSPS) is 19.2. The summed E-state index contributed by atoms with van der Waals surface area (Å²) in [6.45, 7) is 13.0. The Balaban J connectivity index is 2.35. The highest BCUT2D eigenvalue weighted by Crippen LogP contribution is 2.09. The second-order valence-corrected chi connectivity index (χ2v) is 5.76. The van der Waals surface area contributed by atoms with Gasteiger partial charge in [0.1, 0.15) is 0 Å². The van der Waals surface area contributed by atoms with Crippen LogP contribution >= 0.6 is 0 Å². The minimum atomic E-state index is 0.0645. The molecule has 1 saturated heterocycles. The van der Waals surface area contributed by atoms with Crippen molar-refractivity contribution in [1.82, 2.24) is 10.2 Å². The van der Waals surface area contributed by atoms with Crippen molar-refractivity contribution in [3.05, 3.63) is 0 Å². The molecule has 0 aromatic rings. The van der Waals surface area contributed by atoms with Crippen LogP contribution in [0.1, 0.15) is 34.1 Å². The first-order valence-corrected chi connectivity index (χ1v) is 7.11. The smallest absolute Gasteiger partial charge is 0.222 e. The molecule has 4 heteroatoms. The largest absolute Gasteiger partial charge is 0.379 e. The fourth-order valence-corrected chi connectivity index (χ4v) is 2.07. The summed E-state index contributed by atoms with van der Waals surface area (Å²) in [7, 11) is 0. The number of morpholine rings is 1. The molecule has 1 N–H and O–H groups in total. The molecular formula is C14H28N2O2. The summed E-state index contributed by atoms with van der Waals surface area (Å²) in [5.41, 5.74) is 0. The molecule has 1 amide bonds. The fraction of sp³-hybridized carbons (Fsp3) is 0.929. The second-order valence-electron chi connectivity index (χ2n) is 5.76. The van der Waals surface area contributed by atoms with Gasteiger partial charge in [0.05, 0.1) is 13.2 Å². The topological polar surface area (TPSA) is 41.6 Å². The van der Waals surface area contributed by atoms with E-state index < -0.39 is 0 Å². The van der Waals surface area contributed by atoms with E-state index in [1.165, 1.54) is 0 Å². The highest BCUT2D eigenvalue weighted by Gasteiger charge is 2.19. The van der Waals surface area contributed by atoms with Gasteiger partial charge in [0, 0.05) is 31.6 Å². The lowest BCUT2D eigenvalue weighted by molar-refractivity contribution is -0.125. The predicted molar refractivity (Wildman–Crippen MR) is 73.5 cm³/mol. The van der Waals surface area contributed by atoms with Crippen molar-refractivity contribution in [2.45, 2.75) is 40.2 Å². The van der Waals surface area contributed by atoms with Crippen LogP contribution in [-0.2, 0) is 9.53 Å². The third-order valence-electron chi connectivity index (χ3n) is 3.52. The minimum Gasteiger partial charge on any atom is -0.379 e. The molecule has 0 unspecified atom stereocenters. The van der Waals surface area contributed by atoms with E-state index in [4.69, 9.17) is 4.74 Å². The summed E-state index contributed by atoms with van der Waals surface area (Å²) in [6.07, 6.45) is 1.02. The third kappa shape index (κ3) is 5.36. The summed E-state index contributed by atoms with van der Waals surface area (Å²) >= 11 is 0. The number of carbonyl (C=O) groups excluding carboxylic acids is 1. The van der Waals surface area contributed by atoms with Crippen molar-refractivity contribution in [2.75, 3.05) is 32.8 Å². The van der Waals surface area contributed by atoms with Gasteiger partial charge in [0.25, 0.3) is 0 Å². The Kier molecular flexibility index (Phi) is 6.65. The fourth-order valence-electron chi connectivity index (χ4n) is 2.07. The lowest BCUT2D eigenvalue weighted by Crippen LogP contribution is -2.44. The Bertz CT molecular complexity index is 248. The molecule has 1 rings (SSSR count). The monoisotopic (exact) mass is 256 g/mol. The molecule has 0 saturated carbocycles. The number of nitrogens with zero attached hydrogens (tertiary/aromatic N) is 1. The zero-order valence-electron chi connectivity index (χ0n) is 12.2. The van der Waals surface area contributed by atoms with E-state index in [0.717, 1.165) is 39.3 Å². The average Bonchev–Trinajstić information content (AvgIpc) is 2.34. The summed E-state index contributed by atoms with van der Waals surface area (Å²) < 4.78 is 5.34. The zero-order chi connectivity index (χ0) is 13.5. The number of hydrogen-bond acceptors (Lipinski definition) is 3. The summed E-state index contributed by atoms with van der Waals surface area (Å²) in [5.74, 6) is 0.707. The molecule has 0 aromatic heterocycles. The maximum atomic E-state index is 11.8. The van der Waals surface area contributed by atoms with Gasteiger partial charge in [-0.15, -0.1) is 0 Å². The van der Waals surface area contributed by atoms with E-state index in [1.54, 1.807) is 0 Å². The van der Waals surface area contributed by atoms with Gasteiger partial charge in [0.15, 0.2) is 0 Å². The molecule has 1 aliphatic heterocycles. The van der Waals surface area contributed by atoms with Crippen LogP contribution in [0.2, 0.25) is 0 Å². The third-order valence-corrected chi connectivity index (χ3v) is 3.52. The predicted octanol–water partition coefficient (Wildman–Crippen LogP) is 1.51. The first-order chi connectivity index (χ1) is 8.50. The van der Waals surface area contributed by atoms with Gasteiger partial charge in [-0.3, -0.25) is 9.69 Å². The van der Waals surface area contributed by atoms with Gasteiger partial charge in [-0.05, 0) is 12.3 Å². The van der Waals surface area contributed by atoms with Crippen LogP contribution in [0.4, 0.5) is 0 Å². The standard InChI is InChI=1S/C14H28N2O2/c1-11(2)13(15-14(17)12(3)4)5-6-16-7-9-18-10-8-16/h11-13H,5-10H2,1-4H3,(H,15,17)/t13-/m0/s1. The zero-order valence-corrected chi connectivity index (χ0v) is 12.2. The van der Waals surface area contributed by atoms with Crippen LogP contribution in [-0.4, -0.2) is 49.7 Å². The Hall–Kier alpha value is -0.610. The first kappa shape index (κ1) is 15.4. The minimum absolute atomic E-state index is 0.0645. The average molecular weight is 256 g/mol. The number of carbonyl (C=O) groups is 1. The maximum absolute atomic E-state index is 11.8. The van der Waals surface area contributed by atoms with E-state index in [1.807, 2.05) is 13.8 Å². The molecule has 1 fully saturated rings. The molecule has 0 radical (unpaired) electrons. The van der Waals surface area contributed by atoms with Crippen LogP contribution in [0.25, 0.3) is 0 Å². The number of hydrogen-bond donors (Lipinski definition) is 1. The Labute approximate surface area is 111 Å². The van der Waals surface area contributed by atoms with Crippen LogP contribution < -0.4 is 5.32 Å². The van der Waals surface area contributed by atoms with Crippen molar-refractivity contribution >= 4 is 5.91 Å². The molecule has 1 atom stereocenters. The SMILES string of the molecule is CC(C)C(=O)N[C@@H](CCN1CCOCC1)C(C)C. The molecule has 106 valence electrons. The summed E-state index contributed by atoms with van der Waals surface area (Å²) in [6, 6.07) is 0.280. The van der Waals surface area contributed by atoms with Crippen molar-refractivity contribution in [3.8, 4) is 0 Å². The van der Waals surface area contributed by atoms with Crippen molar-refractivity contribution in [3.63, 3.8) is 0 Å². The highest BCUT2D eigenvalue weighted by atomic mass is 16.5. The van der Waals surface area contributed by atoms with E-state index in [-0.39, 0.29) is 17.9 Å². The van der Waals surface area contributed by atoms with Crippen LogP contribution in [0.3, 0.4) is 0 Å². The number of ether oxygens (including phenoxy) is 1. The van der Waals surface area contributed by atoms with E-state index in [0.29, 0.717) is 5.92 Å². The number of amides is 1. The summed E-state index contributed by atoms with van der Waals surface area (Å²) in [4.78, 5) is 14.2. The Morgan fingerprint density at radius 2 is 1.83 bits per heavy atom. The van der Waals surface area contributed by atoms with Gasteiger partial charge in [-0.2, -0.15) is 0 Å². The van der Waals surface area contributed by atoms with Crippen LogP contribution in [0.5, 0.6) is 0 Å². The Morgan fingerprint density at radius 3 is 2.33 bits per heavy atom. The van der Waals surface area contributed by atoms with Gasteiger partial charge in [-0.25, -0.2) is 0 Å². The molecule has 0 spiro atoms. The second kappa shape index (κ2) is 7.74. The van der Waals surface area contributed by atoms with Gasteiger partial charge in [-0.1, -0.05) is 27.7 Å². The maximum Gasteiger partial charge on any atom is 0.222 e. The van der Waals surface area contributed by atoms with Gasteiger partial charge in [0.2, 0.25) is 5.91 Å². The number of rotatable bonds is 6. The molecule has 1 aliphatic rings. The van der Waals surface area contributed by atoms with Crippen molar-refractivity contribution in [1.29, 1.82) is 0 Å². The highest BCUT2D eigenvalue weighted by molar-refractivity contribution is 5.78. The van der Waals surface area contributed by atoms with E-state index in [9.17, 15) is 4.79 Å². The molecule has 18 heavy (non-hydrogen) atoms. The number of nitrogens with one attached hydrogen (secondary N) is 1. The Morgan fingerprint density at radius 1 is 1.22 bits per heavy atom. The quantitative estimate of drug-likeness (QED) is 0.783. The van der Waals surface area contributed by atoms with Crippen molar-refractivity contribution < 1.29 is 9.53 Å². The molecule has 0 aliphatic carbocycles. The van der Waals surface area contributed by atoms with Crippen molar-refractivity contribution in [2.24, 2.45) is 11.8 Å². The van der Waals surface area contributed by atoms with Gasteiger partial charge >= 0.3 is 0 Å². The lowest BCUT2D eigenvalue weighted by Gasteiger charge is -2.30. The van der Waals surface area contributed by atoms with E-state index in [2.05, 4.69) is 24.1 Å². The molecule has 0 aromatic carbocycles. The molecule has 1 heterocycles. The lowest BCUT2D eigenvalue weighted by atomic mass is 9.99. The molecule has 4 nitrogen and oxygen atoms in total. The molecular weight excluding hydrogens is 228 g/mol. The van der Waals surface area contributed by atoms with Crippen LogP contribution in [0, 0.1) is 11.8 Å². The first-order valence-electron chi connectivity index (χ1n) is 7.11. The summed E-state index contributed by atoms with van der Waals surface area (Å²) in [5, 5.41) is 3.16. The molecule has 0 bridgehead atoms.